The Balaban J connectivity index is 1.86. The average molecular weight is 307 g/mol. The van der Waals surface area contributed by atoms with Crippen LogP contribution in [0, 0.1) is 0 Å². The molecular weight excluding hydrogens is 282 g/mol. The van der Waals surface area contributed by atoms with Gasteiger partial charge in [-0.25, -0.2) is 9.97 Å². The number of anilines is 1. The van der Waals surface area contributed by atoms with E-state index in [-0.39, 0.29) is 5.91 Å². The summed E-state index contributed by atoms with van der Waals surface area (Å²) >= 11 is 0. The van der Waals surface area contributed by atoms with Gasteiger partial charge in [0.05, 0.1) is 13.2 Å². The highest BCUT2D eigenvalue weighted by atomic mass is 16.5. The van der Waals surface area contributed by atoms with Gasteiger partial charge < -0.3 is 15.0 Å². The van der Waals surface area contributed by atoms with Crippen molar-refractivity contribution in [3.63, 3.8) is 0 Å². The van der Waals surface area contributed by atoms with Crippen molar-refractivity contribution < 1.29 is 9.53 Å². The molecule has 22 heavy (non-hydrogen) atoms. The van der Waals surface area contributed by atoms with E-state index >= 15 is 0 Å². The van der Waals surface area contributed by atoms with Crippen LogP contribution in [0.5, 0.6) is 0 Å². The molecule has 0 spiro atoms. The molecule has 1 aromatic heterocycles. The fourth-order valence-electron chi connectivity index (χ4n) is 2.41. The summed E-state index contributed by atoms with van der Waals surface area (Å²) in [5.74, 6) is 0.641. The van der Waals surface area contributed by atoms with Gasteiger partial charge >= 0.3 is 0 Å². The van der Waals surface area contributed by atoms with Gasteiger partial charge in [-0.2, -0.15) is 0 Å². The Morgan fingerprint density at radius 1 is 1.32 bits per heavy atom. The molecule has 7 heteroatoms. The Labute approximate surface area is 131 Å². The van der Waals surface area contributed by atoms with E-state index in [1.54, 1.807) is 11.0 Å². The summed E-state index contributed by atoms with van der Waals surface area (Å²) in [6.07, 6.45) is 1.44. The molecule has 7 nitrogen and oxygen atoms in total. The molecule has 0 radical (unpaired) electrons. The highest BCUT2D eigenvalue weighted by Gasteiger charge is 2.15. The first-order valence-electron chi connectivity index (χ1n) is 7.89. The maximum atomic E-state index is 12.3. The lowest BCUT2D eigenvalue weighted by Gasteiger charge is -2.26. The normalized spacial score (nSPS) is 15.5. The van der Waals surface area contributed by atoms with Crippen LogP contribution in [0.3, 0.4) is 0 Å². The molecule has 1 aliphatic rings. The molecule has 1 aromatic rings. The van der Waals surface area contributed by atoms with Crippen LogP contribution in [-0.2, 0) is 4.74 Å². The summed E-state index contributed by atoms with van der Waals surface area (Å²) in [5, 5.41) is 3.26. The van der Waals surface area contributed by atoms with Crippen molar-refractivity contribution in [2.45, 2.75) is 13.8 Å². The molecule has 1 amide bonds. The van der Waals surface area contributed by atoms with E-state index in [2.05, 4.69) is 20.2 Å². The summed E-state index contributed by atoms with van der Waals surface area (Å²) in [6.45, 7) is 10.6. The van der Waals surface area contributed by atoms with E-state index in [0.717, 1.165) is 39.4 Å². The number of carbonyl (C=O) groups excluding carboxylic acids is 1. The SMILES string of the molecule is CCN(CC)C(=O)c1cc(NCCN2CCOCC2)ncn1. The largest absolute Gasteiger partial charge is 0.379 e. The van der Waals surface area contributed by atoms with Crippen molar-refractivity contribution in [1.82, 2.24) is 19.8 Å². The molecule has 0 unspecified atom stereocenters. The highest BCUT2D eigenvalue weighted by Crippen LogP contribution is 2.07. The van der Waals surface area contributed by atoms with Gasteiger partial charge in [-0.1, -0.05) is 0 Å². The average Bonchev–Trinajstić information content (AvgIpc) is 2.57. The molecule has 0 aromatic carbocycles. The van der Waals surface area contributed by atoms with Crippen molar-refractivity contribution in [2.75, 3.05) is 57.8 Å². The van der Waals surface area contributed by atoms with E-state index in [9.17, 15) is 4.79 Å². The number of ether oxygens (including phenoxy) is 1. The lowest BCUT2D eigenvalue weighted by atomic mass is 10.3. The van der Waals surface area contributed by atoms with Crippen LogP contribution in [0.15, 0.2) is 12.4 Å². The first kappa shape index (κ1) is 16.6. The lowest BCUT2D eigenvalue weighted by Crippen LogP contribution is -2.39. The van der Waals surface area contributed by atoms with E-state index in [0.29, 0.717) is 24.6 Å². The third-order valence-electron chi connectivity index (χ3n) is 3.77. The number of morpholine rings is 1. The summed E-state index contributed by atoms with van der Waals surface area (Å²) in [7, 11) is 0. The highest BCUT2D eigenvalue weighted by molar-refractivity contribution is 5.92. The van der Waals surface area contributed by atoms with Crippen LogP contribution < -0.4 is 5.32 Å². The van der Waals surface area contributed by atoms with Crippen LogP contribution in [0.1, 0.15) is 24.3 Å². The smallest absolute Gasteiger partial charge is 0.272 e. The van der Waals surface area contributed by atoms with E-state index in [1.807, 2.05) is 13.8 Å². The zero-order valence-corrected chi connectivity index (χ0v) is 13.4. The summed E-state index contributed by atoms with van der Waals surface area (Å²) in [6, 6.07) is 1.72. The predicted molar refractivity (Wildman–Crippen MR) is 85.0 cm³/mol. The maximum Gasteiger partial charge on any atom is 0.272 e. The quantitative estimate of drug-likeness (QED) is 0.800. The van der Waals surface area contributed by atoms with Crippen LogP contribution in [0.4, 0.5) is 5.82 Å². The minimum Gasteiger partial charge on any atom is -0.379 e. The third-order valence-corrected chi connectivity index (χ3v) is 3.77. The van der Waals surface area contributed by atoms with Crippen molar-refractivity contribution in [3.05, 3.63) is 18.1 Å². The molecule has 1 N–H and O–H groups in total. The fourth-order valence-corrected chi connectivity index (χ4v) is 2.41. The van der Waals surface area contributed by atoms with Crippen molar-refractivity contribution >= 4 is 11.7 Å². The molecular formula is C15H25N5O2. The Bertz CT molecular complexity index is 473. The number of nitrogens with one attached hydrogen (secondary N) is 1. The number of rotatable bonds is 7. The monoisotopic (exact) mass is 307 g/mol. The number of amides is 1. The first-order valence-corrected chi connectivity index (χ1v) is 7.89. The maximum absolute atomic E-state index is 12.3. The molecule has 122 valence electrons. The molecule has 0 aliphatic carbocycles. The number of nitrogens with zero attached hydrogens (tertiary/aromatic N) is 4. The molecule has 1 saturated heterocycles. The van der Waals surface area contributed by atoms with Crippen molar-refractivity contribution in [2.24, 2.45) is 0 Å². The number of hydrogen-bond donors (Lipinski definition) is 1. The zero-order chi connectivity index (χ0) is 15.8. The number of carbonyl (C=O) groups is 1. The van der Waals surface area contributed by atoms with Crippen LogP contribution >= 0.6 is 0 Å². The second-order valence-corrected chi connectivity index (χ2v) is 5.15. The first-order chi connectivity index (χ1) is 10.7. The summed E-state index contributed by atoms with van der Waals surface area (Å²) < 4.78 is 5.33. The molecule has 1 fully saturated rings. The standard InChI is InChI=1S/C15H25N5O2/c1-3-20(4-2)15(21)13-11-14(18-12-17-13)16-5-6-19-7-9-22-10-8-19/h11-12H,3-10H2,1-2H3,(H,16,17,18). The minimum absolute atomic E-state index is 0.0522. The number of hydrogen-bond acceptors (Lipinski definition) is 6. The third kappa shape index (κ3) is 4.64. The van der Waals surface area contributed by atoms with Gasteiger partial charge in [0.1, 0.15) is 17.8 Å². The van der Waals surface area contributed by atoms with Crippen molar-refractivity contribution in [1.29, 1.82) is 0 Å². The lowest BCUT2D eigenvalue weighted by molar-refractivity contribution is 0.0398. The second kappa shape index (κ2) is 8.65. The van der Waals surface area contributed by atoms with Crippen LogP contribution in [-0.4, -0.2) is 78.2 Å². The second-order valence-electron chi connectivity index (χ2n) is 5.15. The van der Waals surface area contributed by atoms with Gasteiger partial charge in [0.15, 0.2) is 0 Å². The van der Waals surface area contributed by atoms with Crippen molar-refractivity contribution in [3.8, 4) is 0 Å². The molecule has 1 aliphatic heterocycles. The summed E-state index contributed by atoms with van der Waals surface area (Å²) in [4.78, 5) is 24.6. The molecule has 0 saturated carbocycles. The van der Waals surface area contributed by atoms with E-state index in [1.165, 1.54) is 6.33 Å². The molecule has 0 atom stereocenters. The number of aromatic nitrogens is 2. The Morgan fingerprint density at radius 2 is 2.05 bits per heavy atom. The van der Waals surface area contributed by atoms with E-state index in [4.69, 9.17) is 4.74 Å². The Hall–Kier alpha value is -1.73. The topological polar surface area (TPSA) is 70.6 Å². The zero-order valence-electron chi connectivity index (χ0n) is 13.4. The van der Waals surface area contributed by atoms with Gasteiger partial charge in [-0.15, -0.1) is 0 Å². The molecule has 2 rings (SSSR count). The van der Waals surface area contributed by atoms with Crippen LogP contribution in [0.2, 0.25) is 0 Å². The minimum atomic E-state index is -0.0522. The van der Waals surface area contributed by atoms with Gasteiger partial charge in [0, 0.05) is 45.3 Å². The molecule has 0 bridgehead atoms. The van der Waals surface area contributed by atoms with Gasteiger partial charge in [-0.05, 0) is 13.8 Å². The fraction of sp³-hybridized carbons (Fsp3) is 0.667. The molecule has 2 heterocycles. The van der Waals surface area contributed by atoms with Crippen LogP contribution in [0.25, 0.3) is 0 Å². The Morgan fingerprint density at radius 3 is 2.73 bits per heavy atom. The predicted octanol–water partition coefficient (Wildman–Crippen LogP) is 0.703. The van der Waals surface area contributed by atoms with Gasteiger partial charge in [-0.3, -0.25) is 9.69 Å². The summed E-state index contributed by atoms with van der Waals surface area (Å²) in [5.41, 5.74) is 0.438. The van der Waals surface area contributed by atoms with Gasteiger partial charge in [0.25, 0.3) is 5.91 Å². The van der Waals surface area contributed by atoms with Gasteiger partial charge in [0.2, 0.25) is 0 Å². The Kier molecular flexibility index (Phi) is 6.54. The van der Waals surface area contributed by atoms with E-state index < -0.39 is 0 Å².